The van der Waals surface area contributed by atoms with Crippen LogP contribution in [0.4, 0.5) is 0 Å². The van der Waals surface area contributed by atoms with Gasteiger partial charge in [0.25, 0.3) is 0 Å². The number of hydrogen-bond acceptors (Lipinski definition) is 2. The molecule has 2 aliphatic rings. The largest absolute Gasteiger partial charge is 0.300 e. The zero-order chi connectivity index (χ0) is 11.4. The van der Waals surface area contributed by atoms with Gasteiger partial charge in [-0.3, -0.25) is 15.9 Å². The summed E-state index contributed by atoms with van der Waals surface area (Å²) in [5, 5.41) is 5.81. The molecular weight excluding hydrogens is 208 g/mol. The molecule has 3 unspecified atom stereocenters. The lowest BCUT2D eigenvalue weighted by molar-refractivity contribution is -0.122. The van der Waals surface area contributed by atoms with Crippen molar-refractivity contribution in [3.63, 3.8) is 0 Å². The molecule has 2 saturated carbocycles. The number of hydrogen-bond donors (Lipinski definition) is 2. The molecule has 2 fully saturated rings. The fraction of sp³-hybridized carbons (Fsp3) is 0.818. The van der Waals surface area contributed by atoms with Gasteiger partial charge in [0.05, 0.1) is 5.25 Å². The first-order valence-electron chi connectivity index (χ1n) is 5.39. The predicted molar refractivity (Wildman–Crippen MR) is 62.1 cm³/mol. The topological polar surface area (TPSA) is 68.7 Å². The van der Waals surface area contributed by atoms with Crippen molar-refractivity contribution in [3.05, 3.63) is 0 Å². The minimum Gasteiger partial charge on any atom is -0.298 e. The SMILES string of the molecule is CC1(C)C2CCC1(C)C(SC(N)=[NH2+])C2=O. The van der Waals surface area contributed by atoms with Gasteiger partial charge in [-0.25, -0.2) is 0 Å². The van der Waals surface area contributed by atoms with Gasteiger partial charge in [0, 0.05) is 5.92 Å². The predicted octanol–water partition coefficient (Wildman–Crippen LogP) is 0.187. The summed E-state index contributed by atoms with van der Waals surface area (Å²) in [5.74, 6) is 0.562. The first-order chi connectivity index (χ1) is 6.80. The number of amidine groups is 1. The second-order valence-electron chi connectivity index (χ2n) is 5.53. The lowest BCUT2D eigenvalue weighted by Gasteiger charge is -2.36. The van der Waals surface area contributed by atoms with Crippen LogP contribution in [-0.2, 0) is 4.79 Å². The molecular formula is C11H19N2OS+. The molecule has 0 aromatic carbocycles. The van der Waals surface area contributed by atoms with Gasteiger partial charge in [0.2, 0.25) is 0 Å². The van der Waals surface area contributed by atoms with Crippen molar-refractivity contribution in [1.82, 2.24) is 0 Å². The number of ketones is 1. The molecule has 0 aromatic heterocycles. The van der Waals surface area contributed by atoms with Gasteiger partial charge < -0.3 is 0 Å². The average molecular weight is 227 g/mol. The van der Waals surface area contributed by atoms with E-state index in [0.29, 0.717) is 11.0 Å². The van der Waals surface area contributed by atoms with Crippen LogP contribution in [0.3, 0.4) is 0 Å². The lowest BCUT2D eigenvalue weighted by atomic mass is 9.71. The zero-order valence-corrected chi connectivity index (χ0v) is 10.4. The summed E-state index contributed by atoms with van der Waals surface area (Å²) < 4.78 is 0. The second kappa shape index (κ2) is 3.00. The van der Waals surface area contributed by atoms with Crippen LogP contribution in [0.1, 0.15) is 33.6 Å². The number of carbonyl (C=O) groups is 1. The number of thioether (sulfide) groups is 1. The third-order valence-electron chi connectivity index (χ3n) is 4.73. The summed E-state index contributed by atoms with van der Waals surface area (Å²) in [6.45, 7) is 6.62. The summed E-state index contributed by atoms with van der Waals surface area (Å²) in [6, 6.07) is 0. The Labute approximate surface area is 94.7 Å². The van der Waals surface area contributed by atoms with Crippen molar-refractivity contribution in [2.75, 3.05) is 0 Å². The number of Topliss-reactive ketones (excluding diaryl/α,β-unsaturated/α-hetero) is 1. The van der Waals surface area contributed by atoms with Crippen molar-refractivity contribution >= 4 is 22.7 Å². The number of rotatable bonds is 1. The molecule has 3 nitrogen and oxygen atoms in total. The molecule has 4 heteroatoms. The van der Waals surface area contributed by atoms with E-state index >= 15 is 0 Å². The molecule has 0 radical (unpaired) electrons. The van der Waals surface area contributed by atoms with Crippen LogP contribution < -0.4 is 11.1 Å². The van der Waals surface area contributed by atoms with Crippen LogP contribution >= 0.6 is 11.8 Å². The van der Waals surface area contributed by atoms with Crippen LogP contribution in [-0.4, -0.2) is 16.2 Å². The number of fused-ring (bicyclic) bond motifs is 2. The van der Waals surface area contributed by atoms with Gasteiger partial charge in [-0.15, -0.1) is 0 Å². The molecule has 2 bridgehead atoms. The molecule has 4 N–H and O–H groups in total. The Kier molecular flexibility index (Phi) is 2.20. The Bertz CT molecular complexity index is 339. The van der Waals surface area contributed by atoms with E-state index in [9.17, 15) is 4.79 Å². The Morgan fingerprint density at radius 3 is 2.53 bits per heavy atom. The summed E-state index contributed by atoms with van der Waals surface area (Å²) in [5.41, 5.74) is 5.67. The Morgan fingerprint density at radius 1 is 1.53 bits per heavy atom. The van der Waals surface area contributed by atoms with Crippen molar-refractivity contribution in [2.24, 2.45) is 22.5 Å². The van der Waals surface area contributed by atoms with E-state index < -0.39 is 0 Å². The normalized spacial score (nSPS) is 42.2. The molecule has 0 aliphatic heterocycles. The van der Waals surface area contributed by atoms with Gasteiger partial charge >= 0.3 is 5.17 Å². The quantitative estimate of drug-likeness (QED) is 0.496. The van der Waals surface area contributed by atoms with E-state index in [-0.39, 0.29) is 22.0 Å². The van der Waals surface area contributed by atoms with Gasteiger partial charge in [-0.1, -0.05) is 20.8 Å². The highest BCUT2D eigenvalue weighted by Gasteiger charge is 2.66. The maximum absolute atomic E-state index is 12.2. The monoisotopic (exact) mass is 227 g/mol. The fourth-order valence-electron chi connectivity index (χ4n) is 3.31. The number of nitrogens with two attached hydrogens (primary N) is 2. The third kappa shape index (κ3) is 1.20. The summed E-state index contributed by atoms with van der Waals surface area (Å²) in [4.78, 5) is 12.2. The van der Waals surface area contributed by atoms with Crippen LogP contribution in [0.25, 0.3) is 0 Å². The lowest BCUT2D eigenvalue weighted by Crippen LogP contribution is -2.47. The highest BCUT2D eigenvalue weighted by molar-refractivity contribution is 8.14. The first kappa shape index (κ1) is 11.0. The summed E-state index contributed by atoms with van der Waals surface area (Å²) in [6.07, 6.45) is 2.14. The van der Waals surface area contributed by atoms with E-state index in [1.54, 1.807) is 0 Å². The number of carbonyl (C=O) groups excluding carboxylic acids is 1. The molecule has 3 atom stereocenters. The van der Waals surface area contributed by atoms with E-state index in [0.717, 1.165) is 12.8 Å². The molecule has 0 heterocycles. The van der Waals surface area contributed by atoms with Crippen LogP contribution in [0.15, 0.2) is 0 Å². The van der Waals surface area contributed by atoms with E-state index in [4.69, 9.17) is 11.1 Å². The maximum Gasteiger partial charge on any atom is 0.300 e. The van der Waals surface area contributed by atoms with E-state index in [1.807, 2.05) is 0 Å². The van der Waals surface area contributed by atoms with Crippen LogP contribution in [0.2, 0.25) is 0 Å². The van der Waals surface area contributed by atoms with Crippen LogP contribution in [0, 0.1) is 16.7 Å². The second-order valence-corrected chi connectivity index (χ2v) is 6.71. The third-order valence-corrected chi connectivity index (χ3v) is 5.99. The highest BCUT2D eigenvalue weighted by atomic mass is 32.2. The molecule has 84 valence electrons. The minimum absolute atomic E-state index is 0.0313. The summed E-state index contributed by atoms with van der Waals surface area (Å²) >= 11 is 1.36. The first-order valence-corrected chi connectivity index (χ1v) is 6.27. The van der Waals surface area contributed by atoms with Gasteiger partial charge in [0.1, 0.15) is 0 Å². The van der Waals surface area contributed by atoms with Crippen molar-refractivity contribution in [2.45, 2.75) is 38.9 Å². The molecule has 0 aromatic rings. The molecule has 0 saturated heterocycles. The van der Waals surface area contributed by atoms with Crippen molar-refractivity contribution < 1.29 is 10.2 Å². The maximum atomic E-state index is 12.2. The van der Waals surface area contributed by atoms with E-state index in [1.165, 1.54) is 11.8 Å². The molecule has 15 heavy (non-hydrogen) atoms. The Hall–Kier alpha value is -0.510. The van der Waals surface area contributed by atoms with Gasteiger partial charge in [-0.2, -0.15) is 0 Å². The highest BCUT2D eigenvalue weighted by Crippen LogP contribution is 2.66. The Balaban J connectivity index is 2.36. The van der Waals surface area contributed by atoms with E-state index in [2.05, 4.69) is 20.8 Å². The fourth-order valence-corrected chi connectivity index (χ4v) is 4.55. The molecule has 2 aliphatic carbocycles. The van der Waals surface area contributed by atoms with Crippen LogP contribution in [0.5, 0.6) is 0 Å². The standard InChI is InChI=1S/C11H18N2OS/c1-10(2)6-4-5-11(10,3)8(7(6)14)15-9(12)13/h6,8H,4-5H2,1-3H3,(H3,12,13)/p+1. The molecule has 0 spiro atoms. The summed E-state index contributed by atoms with van der Waals surface area (Å²) in [7, 11) is 0. The van der Waals surface area contributed by atoms with Gasteiger partial charge in [-0.05, 0) is 35.4 Å². The smallest absolute Gasteiger partial charge is 0.298 e. The van der Waals surface area contributed by atoms with Crippen molar-refractivity contribution in [1.29, 1.82) is 0 Å². The zero-order valence-electron chi connectivity index (χ0n) is 9.54. The minimum atomic E-state index is -0.0313. The molecule has 2 rings (SSSR count). The molecule has 0 amide bonds. The average Bonchev–Trinajstić information content (AvgIpc) is 2.39. The Morgan fingerprint density at radius 2 is 2.13 bits per heavy atom. The van der Waals surface area contributed by atoms with Gasteiger partial charge in [0.15, 0.2) is 5.78 Å². The van der Waals surface area contributed by atoms with Crippen molar-refractivity contribution in [3.8, 4) is 0 Å².